The molecule has 1 aliphatic heterocycles. The van der Waals surface area contributed by atoms with E-state index in [1.807, 2.05) is 4.90 Å². The van der Waals surface area contributed by atoms with Crippen molar-refractivity contribution >= 4 is 16.8 Å². The average molecular weight is 308 g/mol. The van der Waals surface area contributed by atoms with E-state index < -0.39 is 0 Å². The highest BCUT2D eigenvalue weighted by Gasteiger charge is 2.28. The molecule has 1 amide bonds. The topological polar surface area (TPSA) is 49.2 Å². The smallest absolute Gasteiger partial charge is 0.289 e. The normalized spacial score (nSPS) is 16.1. The highest BCUT2D eigenvalue weighted by molar-refractivity contribution is 5.91. The van der Waals surface area contributed by atoms with Gasteiger partial charge >= 0.3 is 0 Å². The molecule has 4 heteroatoms. The summed E-state index contributed by atoms with van der Waals surface area (Å²) in [5.74, 6) is 0.947. The molecule has 1 N–H and O–H groups in total. The fraction of sp³-hybridized carbons (Fsp3) is 0.316. The van der Waals surface area contributed by atoms with Crippen molar-refractivity contribution in [2.45, 2.75) is 25.7 Å². The molecule has 1 saturated heterocycles. The maximum Gasteiger partial charge on any atom is 0.289 e. The summed E-state index contributed by atoms with van der Waals surface area (Å²) in [4.78, 5) is 17.7. The maximum absolute atomic E-state index is 12.4. The van der Waals surface area contributed by atoms with Gasteiger partial charge in [-0.3, -0.25) is 4.79 Å². The van der Waals surface area contributed by atoms with E-state index in [9.17, 15) is 4.79 Å². The molecule has 3 aromatic rings. The van der Waals surface area contributed by atoms with Crippen LogP contribution in [0.5, 0.6) is 0 Å². The van der Waals surface area contributed by atoms with Crippen molar-refractivity contribution in [1.29, 1.82) is 0 Å². The van der Waals surface area contributed by atoms with E-state index in [2.05, 4.69) is 36.2 Å². The Morgan fingerprint density at radius 3 is 2.70 bits per heavy atom. The van der Waals surface area contributed by atoms with Gasteiger partial charge in [-0.2, -0.15) is 0 Å². The van der Waals surface area contributed by atoms with E-state index in [1.54, 1.807) is 18.4 Å². The number of aromatic amines is 1. The first-order valence-corrected chi connectivity index (χ1v) is 8.14. The first-order valence-electron chi connectivity index (χ1n) is 8.14. The second-order valence-electron chi connectivity index (χ2n) is 6.25. The van der Waals surface area contributed by atoms with Crippen LogP contribution in [-0.4, -0.2) is 28.9 Å². The fourth-order valence-corrected chi connectivity index (χ4v) is 3.75. The maximum atomic E-state index is 12.4. The number of amides is 1. The monoisotopic (exact) mass is 308 g/mol. The highest BCUT2D eigenvalue weighted by atomic mass is 16.3. The van der Waals surface area contributed by atoms with E-state index in [0.29, 0.717) is 11.7 Å². The third-order valence-corrected chi connectivity index (χ3v) is 4.87. The molecule has 0 radical (unpaired) electrons. The zero-order valence-corrected chi connectivity index (χ0v) is 13.2. The lowest BCUT2D eigenvalue weighted by Gasteiger charge is -2.31. The number of H-pyrrole nitrogens is 1. The molecule has 23 heavy (non-hydrogen) atoms. The second kappa shape index (κ2) is 5.61. The molecule has 0 unspecified atom stereocenters. The molecule has 1 fully saturated rings. The van der Waals surface area contributed by atoms with Crippen molar-refractivity contribution in [3.8, 4) is 0 Å². The minimum absolute atomic E-state index is 0.00380. The van der Waals surface area contributed by atoms with E-state index >= 15 is 0 Å². The van der Waals surface area contributed by atoms with Gasteiger partial charge in [0.2, 0.25) is 0 Å². The van der Waals surface area contributed by atoms with Gasteiger partial charge in [0, 0.05) is 29.7 Å². The zero-order valence-electron chi connectivity index (χ0n) is 13.2. The van der Waals surface area contributed by atoms with Crippen LogP contribution in [0.15, 0.2) is 47.1 Å². The SMILES string of the molecule is Cc1[nH]c2ccccc2c1C1CCN(C(=O)c2ccco2)CC1. The quantitative estimate of drug-likeness (QED) is 0.775. The number of carbonyl (C=O) groups excluding carboxylic acids is 1. The molecule has 0 aliphatic carbocycles. The van der Waals surface area contributed by atoms with E-state index in [1.165, 1.54) is 22.2 Å². The van der Waals surface area contributed by atoms with Crippen LogP contribution >= 0.6 is 0 Å². The standard InChI is InChI=1S/C19H20N2O2/c1-13-18(15-5-2-3-6-16(15)20-13)14-8-10-21(11-9-14)19(22)17-7-4-12-23-17/h2-7,12,14,20H,8-11H2,1H3. The molecule has 4 nitrogen and oxygen atoms in total. The molecule has 0 bridgehead atoms. The van der Waals surface area contributed by atoms with Crippen molar-refractivity contribution in [3.63, 3.8) is 0 Å². The van der Waals surface area contributed by atoms with Crippen LogP contribution in [0.1, 0.15) is 40.6 Å². The van der Waals surface area contributed by atoms with Crippen LogP contribution in [0, 0.1) is 6.92 Å². The third kappa shape index (κ3) is 2.44. The Morgan fingerprint density at radius 2 is 1.96 bits per heavy atom. The summed E-state index contributed by atoms with van der Waals surface area (Å²) in [5.41, 5.74) is 3.88. The van der Waals surface area contributed by atoms with Crippen molar-refractivity contribution in [1.82, 2.24) is 9.88 Å². The summed E-state index contributed by atoms with van der Waals surface area (Å²) in [6.07, 6.45) is 3.54. The number of carbonyl (C=O) groups is 1. The predicted molar refractivity (Wildman–Crippen MR) is 89.6 cm³/mol. The summed E-state index contributed by atoms with van der Waals surface area (Å²) in [6.45, 7) is 3.71. The van der Waals surface area contributed by atoms with Gasteiger partial charge in [0.05, 0.1) is 6.26 Å². The number of fused-ring (bicyclic) bond motifs is 1. The number of nitrogens with one attached hydrogen (secondary N) is 1. The number of furan rings is 1. The van der Waals surface area contributed by atoms with Crippen LogP contribution in [0.4, 0.5) is 0 Å². The number of rotatable bonds is 2. The summed E-state index contributed by atoms with van der Waals surface area (Å²) >= 11 is 0. The van der Waals surface area contributed by atoms with Crippen molar-refractivity contribution < 1.29 is 9.21 Å². The second-order valence-corrected chi connectivity index (χ2v) is 6.25. The van der Waals surface area contributed by atoms with Crippen LogP contribution < -0.4 is 0 Å². The molecule has 4 rings (SSSR count). The van der Waals surface area contributed by atoms with Gasteiger partial charge in [-0.15, -0.1) is 0 Å². The van der Waals surface area contributed by atoms with Gasteiger partial charge in [0.15, 0.2) is 5.76 Å². The zero-order chi connectivity index (χ0) is 15.8. The molecule has 0 spiro atoms. The number of aryl methyl sites for hydroxylation is 1. The Kier molecular flexibility index (Phi) is 3.45. The molecular formula is C19H20N2O2. The Labute approximate surface area is 135 Å². The lowest BCUT2D eigenvalue weighted by atomic mass is 9.87. The molecule has 1 aliphatic rings. The van der Waals surface area contributed by atoms with Crippen molar-refractivity contribution in [2.24, 2.45) is 0 Å². The first-order chi connectivity index (χ1) is 11.2. The number of piperidine rings is 1. The van der Waals surface area contributed by atoms with Gasteiger partial charge in [-0.05, 0) is 49.4 Å². The molecule has 1 aromatic carbocycles. The molecule has 3 heterocycles. The number of nitrogens with zero attached hydrogens (tertiary/aromatic N) is 1. The molecular weight excluding hydrogens is 288 g/mol. The van der Waals surface area contributed by atoms with E-state index in [-0.39, 0.29) is 5.91 Å². The first kappa shape index (κ1) is 14.1. The number of para-hydroxylation sites is 1. The van der Waals surface area contributed by atoms with Gasteiger partial charge in [0.1, 0.15) is 0 Å². The Bertz CT molecular complexity index is 824. The predicted octanol–water partition coefficient (Wildman–Crippen LogP) is 4.09. The highest BCUT2D eigenvalue weighted by Crippen LogP contribution is 2.35. The summed E-state index contributed by atoms with van der Waals surface area (Å²) in [7, 11) is 0. The van der Waals surface area contributed by atoms with Gasteiger partial charge in [-0.1, -0.05) is 18.2 Å². The summed E-state index contributed by atoms with van der Waals surface area (Å²) in [6, 6.07) is 12.0. The van der Waals surface area contributed by atoms with Crippen LogP contribution in [0.25, 0.3) is 10.9 Å². The van der Waals surface area contributed by atoms with Gasteiger partial charge in [0.25, 0.3) is 5.91 Å². The van der Waals surface area contributed by atoms with Crippen LogP contribution in [0.3, 0.4) is 0 Å². The summed E-state index contributed by atoms with van der Waals surface area (Å²) in [5, 5.41) is 1.32. The summed E-state index contributed by atoms with van der Waals surface area (Å²) < 4.78 is 5.23. The van der Waals surface area contributed by atoms with Gasteiger partial charge < -0.3 is 14.3 Å². The minimum atomic E-state index is 0.00380. The number of hydrogen-bond acceptors (Lipinski definition) is 2. The van der Waals surface area contributed by atoms with E-state index in [4.69, 9.17) is 4.42 Å². The van der Waals surface area contributed by atoms with Crippen LogP contribution in [-0.2, 0) is 0 Å². The lowest BCUT2D eigenvalue weighted by molar-refractivity contribution is 0.0681. The number of benzene rings is 1. The third-order valence-electron chi connectivity index (χ3n) is 4.87. The van der Waals surface area contributed by atoms with Gasteiger partial charge in [-0.25, -0.2) is 0 Å². The number of aromatic nitrogens is 1. The molecule has 0 saturated carbocycles. The largest absolute Gasteiger partial charge is 0.459 e. The number of hydrogen-bond donors (Lipinski definition) is 1. The van der Waals surface area contributed by atoms with Crippen LogP contribution in [0.2, 0.25) is 0 Å². The minimum Gasteiger partial charge on any atom is -0.459 e. The average Bonchev–Trinajstić information content (AvgIpc) is 3.21. The molecule has 118 valence electrons. The molecule has 2 aromatic heterocycles. The lowest BCUT2D eigenvalue weighted by Crippen LogP contribution is -2.37. The Morgan fingerprint density at radius 1 is 1.17 bits per heavy atom. The number of likely N-dealkylation sites (tertiary alicyclic amines) is 1. The van der Waals surface area contributed by atoms with Crippen molar-refractivity contribution in [2.75, 3.05) is 13.1 Å². The fourth-order valence-electron chi connectivity index (χ4n) is 3.75. The van der Waals surface area contributed by atoms with Crippen molar-refractivity contribution in [3.05, 3.63) is 59.7 Å². The Hall–Kier alpha value is -2.49. The molecule has 0 atom stereocenters. The van der Waals surface area contributed by atoms with E-state index in [0.717, 1.165) is 25.9 Å². The Balaban J connectivity index is 1.53.